The highest BCUT2D eigenvalue weighted by Crippen LogP contribution is 2.49. The van der Waals surface area contributed by atoms with E-state index in [1.54, 1.807) is 6.07 Å². The van der Waals surface area contributed by atoms with E-state index in [0.717, 1.165) is 55.3 Å². The Balaban J connectivity index is 1.69. The van der Waals surface area contributed by atoms with Gasteiger partial charge in [-0.15, -0.1) is 0 Å². The number of methoxy groups -OCH3 is 1. The Labute approximate surface area is 146 Å². The second-order valence-electron chi connectivity index (χ2n) is 6.26. The third-order valence-corrected chi connectivity index (χ3v) is 4.77. The molecule has 0 unspecified atom stereocenters. The molecule has 0 saturated carbocycles. The van der Waals surface area contributed by atoms with E-state index in [2.05, 4.69) is 11.0 Å². The molecule has 4 rings (SSSR count). The summed E-state index contributed by atoms with van der Waals surface area (Å²) in [5, 5.41) is 20.4. The van der Waals surface area contributed by atoms with Gasteiger partial charge in [-0.3, -0.25) is 0 Å². The SMILES string of the molecule is COc1c(O)cc2c(c1O)Oc1ccc(N3CCOCC3)cc1CC2. The standard InChI is InChI=1S/C19H21NO5/c1-23-19-15(21)11-13-3-2-12-10-14(20-6-8-24-9-7-20)4-5-16(12)25-18(13)17(19)22/h4-5,10-11,21-22H,2-3,6-9H2,1H3. The first kappa shape index (κ1) is 15.9. The van der Waals surface area contributed by atoms with Crippen molar-refractivity contribution in [3.8, 4) is 28.7 Å². The maximum absolute atomic E-state index is 10.4. The van der Waals surface area contributed by atoms with Crippen molar-refractivity contribution in [2.24, 2.45) is 0 Å². The predicted molar refractivity (Wildman–Crippen MR) is 93.3 cm³/mol. The van der Waals surface area contributed by atoms with Crippen molar-refractivity contribution in [3.63, 3.8) is 0 Å². The molecule has 0 atom stereocenters. The fourth-order valence-corrected chi connectivity index (χ4v) is 3.43. The Morgan fingerprint density at radius 3 is 2.56 bits per heavy atom. The monoisotopic (exact) mass is 343 g/mol. The normalized spacial score (nSPS) is 16.4. The average molecular weight is 343 g/mol. The Morgan fingerprint density at radius 1 is 1.04 bits per heavy atom. The third kappa shape index (κ3) is 2.82. The van der Waals surface area contributed by atoms with Gasteiger partial charge >= 0.3 is 0 Å². The van der Waals surface area contributed by atoms with Gasteiger partial charge in [0.1, 0.15) is 5.75 Å². The Hall–Kier alpha value is -2.60. The van der Waals surface area contributed by atoms with Crippen molar-refractivity contribution in [1.29, 1.82) is 0 Å². The number of aryl methyl sites for hydroxylation is 2. The van der Waals surface area contributed by atoms with E-state index in [0.29, 0.717) is 12.2 Å². The van der Waals surface area contributed by atoms with Crippen LogP contribution in [0.4, 0.5) is 5.69 Å². The molecule has 132 valence electrons. The number of hydrogen-bond donors (Lipinski definition) is 2. The lowest BCUT2D eigenvalue weighted by Crippen LogP contribution is -2.36. The van der Waals surface area contributed by atoms with Crippen LogP contribution in [-0.2, 0) is 17.6 Å². The lowest BCUT2D eigenvalue weighted by molar-refractivity contribution is 0.122. The van der Waals surface area contributed by atoms with Crippen LogP contribution in [0, 0.1) is 0 Å². The van der Waals surface area contributed by atoms with Gasteiger partial charge in [0, 0.05) is 24.3 Å². The number of nitrogens with zero attached hydrogens (tertiary/aromatic N) is 1. The summed E-state index contributed by atoms with van der Waals surface area (Å²) in [4.78, 5) is 2.30. The van der Waals surface area contributed by atoms with Crippen molar-refractivity contribution in [3.05, 3.63) is 35.4 Å². The van der Waals surface area contributed by atoms with Crippen LogP contribution in [0.1, 0.15) is 11.1 Å². The first-order valence-corrected chi connectivity index (χ1v) is 8.42. The van der Waals surface area contributed by atoms with Crippen LogP contribution in [0.15, 0.2) is 24.3 Å². The molecule has 2 aromatic carbocycles. The molecule has 2 heterocycles. The molecular formula is C19H21NO5. The number of fused-ring (bicyclic) bond motifs is 2. The van der Waals surface area contributed by atoms with E-state index in [1.807, 2.05) is 12.1 Å². The van der Waals surface area contributed by atoms with Gasteiger partial charge in [0.15, 0.2) is 11.5 Å². The third-order valence-electron chi connectivity index (χ3n) is 4.77. The fourth-order valence-electron chi connectivity index (χ4n) is 3.43. The molecule has 2 aromatic rings. The second kappa shape index (κ2) is 6.37. The van der Waals surface area contributed by atoms with Crippen LogP contribution >= 0.6 is 0 Å². The zero-order chi connectivity index (χ0) is 17.4. The van der Waals surface area contributed by atoms with Crippen molar-refractivity contribution in [2.75, 3.05) is 38.3 Å². The smallest absolute Gasteiger partial charge is 0.206 e. The van der Waals surface area contributed by atoms with Gasteiger partial charge in [-0.05, 0) is 42.7 Å². The first-order valence-electron chi connectivity index (χ1n) is 8.42. The van der Waals surface area contributed by atoms with Crippen LogP contribution < -0.4 is 14.4 Å². The summed E-state index contributed by atoms with van der Waals surface area (Å²) in [6.07, 6.45) is 1.44. The summed E-state index contributed by atoms with van der Waals surface area (Å²) < 4.78 is 16.5. The molecule has 25 heavy (non-hydrogen) atoms. The Morgan fingerprint density at radius 2 is 1.80 bits per heavy atom. The summed E-state index contributed by atoms with van der Waals surface area (Å²) in [5.74, 6) is 0.864. The van der Waals surface area contributed by atoms with Crippen molar-refractivity contribution < 1.29 is 24.4 Å². The zero-order valence-electron chi connectivity index (χ0n) is 14.1. The molecule has 0 aromatic heterocycles. The summed E-state index contributed by atoms with van der Waals surface area (Å²) in [5.41, 5.74) is 3.00. The number of rotatable bonds is 2. The Bertz CT molecular complexity index is 799. The number of anilines is 1. The van der Waals surface area contributed by atoms with Crippen LogP contribution in [0.25, 0.3) is 0 Å². The van der Waals surface area contributed by atoms with Gasteiger partial charge in [0.25, 0.3) is 0 Å². The van der Waals surface area contributed by atoms with E-state index < -0.39 is 0 Å². The number of aromatic hydroxyl groups is 2. The van der Waals surface area contributed by atoms with Crippen LogP contribution in [-0.4, -0.2) is 43.6 Å². The lowest BCUT2D eigenvalue weighted by Gasteiger charge is -2.29. The molecule has 0 aliphatic carbocycles. The number of phenols is 2. The van der Waals surface area contributed by atoms with E-state index >= 15 is 0 Å². The maximum atomic E-state index is 10.4. The summed E-state index contributed by atoms with van der Waals surface area (Å²) >= 11 is 0. The molecule has 2 N–H and O–H groups in total. The molecule has 6 heteroatoms. The molecule has 0 radical (unpaired) electrons. The summed E-state index contributed by atoms with van der Waals surface area (Å²) in [7, 11) is 1.40. The van der Waals surface area contributed by atoms with Gasteiger partial charge in [-0.25, -0.2) is 0 Å². The predicted octanol–water partition coefficient (Wildman–Crippen LogP) is 2.83. The van der Waals surface area contributed by atoms with Crippen molar-refractivity contribution >= 4 is 5.69 Å². The highest BCUT2D eigenvalue weighted by atomic mass is 16.5. The van der Waals surface area contributed by atoms with Gasteiger partial charge in [-0.1, -0.05) is 0 Å². The van der Waals surface area contributed by atoms with Gasteiger partial charge in [0.05, 0.1) is 20.3 Å². The minimum absolute atomic E-state index is 0.0344. The maximum Gasteiger partial charge on any atom is 0.206 e. The summed E-state index contributed by atoms with van der Waals surface area (Å²) in [6.45, 7) is 3.25. The molecule has 0 amide bonds. The zero-order valence-corrected chi connectivity index (χ0v) is 14.1. The molecule has 2 aliphatic rings. The second-order valence-corrected chi connectivity index (χ2v) is 6.26. The number of benzene rings is 2. The van der Waals surface area contributed by atoms with Crippen LogP contribution in [0.2, 0.25) is 0 Å². The number of phenolic OH excluding ortho intramolecular Hbond substituents is 2. The number of morpholine rings is 1. The van der Waals surface area contributed by atoms with Crippen LogP contribution in [0.5, 0.6) is 28.7 Å². The first-order chi connectivity index (χ1) is 12.2. The fraction of sp³-hybridized carbons (Fsp3) is 0.368. The number of ether oxygens (including phenoxy) is 3. The highest BCUT2D eigenvalue weighted by molar-refractivity contribution is 5.64. The lowest BCUT2D eigenvalue weighted by atomic mass is 10.0. The van der Waals surface area contributed by atoms with Crippen LogP contribution in [0.3, 0.4) is 0 Å². The quantitative estimate of drug-likeness (QED) is 0.874. The van der Waals surface area contributed by atoms with Gasteiger partial charge < -0.3 is 29.3 Å². The molecule has 0 spiro atoms. The minimum Gasteiger partial charge on any atom is -0.504 e. The molecule has 1 fully saturated rings. The highest BCUT2D eigenvalue weighted by Gasteiger charge is 2.24. The van der Waals surface area contributed by atoms with E-state index in [1.165, 1.54) is 7.11 Å². The minimum atomic E-state index is -0.164. The number of hydrogen-bond acceptors (Lipinski definition) is 6. The average Bonchev–Trinajstić information content (AvgIpc) is 2.82. The molecular weight excluding hydrogens is 322 g/mol. The largest absolute Gasteiger partial charge is 0.504 e. The molecule has 2 aliphatic heterocycles. The summed E-state index contributed by atoms with van der Waals surface area (Å²) in [6, 6.07) is 7.71. The molecule has 6 nitrogen and oxygen atoms in total. The van der Waals surface area contributed by atoms with E-state index in [-0.39, 0.29) is 17.2 Å². The Kier molecular flexibility index (Phi) is 4.05. The van der Waals surface area contributed by atoms with Gasteiger partial charge in [0.2, 0.25) is 11.5 Å². The molecule has 0 bridgehead atoms. The van der Waals surface area contributed by atoms with Gasteiger partial charge in [-0.2, -0.15) is 0 Å². The van der Waals surface area contributed by atoms with Crippen molar-refractivity contribution in [2.45, 2.75) is 12.8 Å². The van der Waals surface area contributed by atoms with E-state index in [9.17, 15) is 10.2 Å². The van der Waals surface area contributed by atoms with E-state index in [4.69, 9.17) is 14.2 Å². The molecule has 1 saturated heterocycles. The van der Waals surface area contributed by atoms with Crippen molar-refractivity contribution in [1.82, 2.24) is 0 Å². The topological polar surface area (TPSA) is 71.4 Å².